The zero-order valence-electron chi connectivity index (χ0n) is 11.9. The summed E-state index contributed by atoms with van der Waals surface area (Å²) in [6.07, 6.45) is 1.53. The van der Waals surface area contributed by atoms with Crippen LogP contribution in [0.4, 0.5) is 10.8 Å². The van der Waals surface area contributed by atoms with Gasteiger partial charge in [-0.1, -0.05) is 20.8 Å². The van der Waals surface area contributed by atoms with Crippen molar-refractivity contribution in [1.29, 1.82) is 0 Å². The van der Waals surface area contributed by atoms with Crippen molar-refractivity contribution in [1.82, 2.24) is 4.37 Å². The Bertz CT molecular complexity index is 509. The molecule has 0 radical (unpaired) electrons. The van der Waals surface area contributed by atoms with Crippen molar-refractivity contribution in [3.05, 3.63) is 0 Å². The van der Waals surface area contributed by atoms with Crippen LogP contribution in [0.25, 0.3) is 0 Å². The van der Waals surface area contributed by atoms with Gasteiger partial charge in [0.1, 0.15) is 9.90 Å². The zero-order valence-corrected chi connectivity index (χ0v) is 13.6. The molecule has 110 valence electrons. The quantitative estimate of drug-likeness (QED) is 0.809. The van der Waals surface area contributed by atoms with E-state index in [0.29, 0.717) is 17.3 Å². The van der Waals surface area contributed by atoms with E-state index in [9.17, 15) is 8.42 Å². The van der Waals surface area contributed by atoms with Crippen molar-refractivity contribution in [3.8, 4) is 0 Å². The van der Waals surface area contributed by atoms with Crippen LogP contribution < -0.4 is 11.1 Å². The van der Waals surface area contributed by atoms with Gasteiger partial charge in [0.15, 0.2) is 15.7 Å². The summed E-state index contributed by atoms with van der Waals surface area (Å²) in [5.74, 6) is 0.754. The third-order valence-corrected chi connectivity index (χ3v) is 5.56. The highest BCUT2D eigenvalue weighted by atomic mass is 32.2. The highest BCUT2D eigenvalue weighted by Crippen LogP contribution is 2.33. The molecule has 7 heteroatoms. The van der Waals surface area contributed by atoms with E-state index in [1.54, 1.807) is 0 Å². The minimum absolute atomic E-state index is 0.100. The largest absolute Gasteiger partial charge is 0.382 e. The lowest BCUT2D eigenvalue weighted by Crippen LogP contribution is -2.19. The maximum absolute atomic E-state index is 12.2. The van der Waals surface area contributed by atoms with E-state index in [1.807, 2.05) is 13.8 Å². The molecular formula is C12H23N3O2S2. The van der Waals surface area contributed by atoms with Gasteiger partial charge < -0.3 is 11.1 Å². The van der Waals surface area contributed by atoms with Gasteiger partial charge in [0.25, 0.3) is 0 Å². The van der Waals surface area contributed by atoms with Crippen LogP contribution in [-0.4, -0.2) is 24.6 Å². The van der Waals surface area contributed by atoms with Crippen LogP contribution in [0.1, 0.15) is 40.5 Å². The Morgan fingerprint density at radius 2 is 2.00 bits per heavy atom. The van der Waals surface area contributed by atoms with Gasteiger partial charge in [-0.3, -0.25) is 0 Å². The second kappa shape index (κ2) is 6.56. The van der Waals surface area contributed by atoms with Crippen LogP contribution in [-0.2, 0) is 9.84 Å². The van der Waals surface area contributed by atoms with Crippen molar-refractivity contribution < 1.29 is 8.42 Å². The van der Waals surface area contributed by atoms with Gasteiger partial charge in [0.05, 0.1) is 5.75 Å². The fourth-order valence-corrected chi connectivity index (χ4v) is 4.77. The van der Waals surface area contributed by atoms with Crippen LogP contribution >= 0.6 is 11.5 Å². The number of anilines is 2. The number of nitrogens with two attached hydrogens (primary N) is 1. The summed E-state index contributed by atoms with van der Waals surface area (Å²) < 4.78 is 28.3. The van der Waals surface area contributed by atoms with Gasteiger partial charge in [-0.25, -0.2) is 8.42 Å². The molecule has 0 fully saturated rings. The van der Waals surface area contributed by atoms with Crippen LogP contribution in [0.15, 0.2) is 4.90 Å². The molecule has 3 N–H and O–H groups in total. The summed E-state index contributed by atoms with van der Waals surface area (Å²) in [5.41, 5.74) is 5.71. The number of nitrogen functional groups attached to an aromatic ring is 1. The Balaban J connectivity index is 2.98. The van der Waals surface area contributed by atoms with Gasteiger partial charge in [0.2, 0.25) is 0 Å². The number of hydrogen-bond donors (Lipinski definition) is 2. The number of hydrogen-bond acceptors (Lipinski definition) is 6. The second-order valence-corrected chi connectivity index (χ2v) is 8.04. The van der Waals surface area contributed by atoms with E-state index in [-0.39, 0.29) is 22.5 Å². The monoisotopic (exact) mass is 305 g/mol. The molecule has 5 nitrogen and oxygen atoms in total. The van der Waals surface area contributed by atoms with E-state index in [2.05, 4.69) is 23.5 Å². The van der Waals surface area contributed by atoms with E-state index in [0.717, 1.165) is 18.0 Å². The fourth-order valence-electron chi connectivity index (χ4n) is 2.05. The van der Waals surface area contributed by atoms with Crippen molar-refractivity contribution in [2.75, 3.05) is 16.8 Å². The molecule has 1 heterocycles. The first-order valence-corrected chi connectivity index (χ1v) is 8.95. The standard InChI is InChI=1S/C12H23N3O2S2/c1-5-6-19(16,17)10-11(13)15-18-12(10)14-9(4)7-8(2)3/h8-9,14H,5-7H2,1-4H3,(H2,13,15). The smallest absolute Gasteiger partial charge is 0.185 e. The minimum Gasteiger partial charge on any atom is -0.382 e. The van der Waals surface area contributed by atoms with E-state index >= 15 is 0 Å². The molecule has 0 aliphatic rings. The molecular weight excluding hydrogens is 282 g/mol. The first-order chi connectivity index (χ1) is 8.77. The summed E-state index contributed by atoms with van der Waals surface area (Å²) in [6.45, 7) is 8.13. The molecule has 1 aromatic rings. The normalized spacial score (nSPS) is 13.7. The van der Waals surface area contributed by atoms with Gasteiger partial charge in [-0.15, -0.1) is 0 Å². The molecule has 0 bridgehead atoms. The number of aromatic nitrogens is 1. The fraction of sp³-hybridized carbons (Fsp3) is 0.750. The zero-order chi connectivity index (χ0) is 14.6. The first-order valence-electron chi connectivity index (χ1n) is 6.52. The van der Waals surface area contributed by atoms with Crippen molar-refractivity contribution in [3.63, 3.8) is 0 Å². The van der Waals surface area contributed by atoms with Crippen LogP contribution in [0.2, 0.25) is 0 Å². The molecule has 0 saturated carbocycles. The van der Waals surface area contributed by atoms with Crippen molar-refractivity contribution in [2.45, 2.75) is 51.5 Å². The predicted octanol–water partition coefficient (Wildman–Crippen LogP) is 2.76. The van der Waals surface area contributed by atoms with Crippen LogP contribution in [0.5, 0.6) is 0 Å². The van der Waals surface area contributed by atoms with Crippen molar-refractivity contribution in [2.24, 2.45) is 5.92 Å². The summed E-state index contributed by atoms with van der Waals surface area (Å²) in [6, 6.07) is 0.190. The number of rotatable bonds is 7. The molecule has 1 rings (SSSR count). The minimum atomic E-state index is -3.34. The van der Waals surface area contributed by atoms with Gasteiger partial charge in [-0.05, 0) is 37.2 Å². The summed E-state index contributed by atoms with van der Waals surface area (Å²) in [4.78, 5) is 0.176. The Morgan fingerprint density at radius 3 is 2.53 bits per heavy atom. The average molecular weight is 305 g/mol. The average Bonchev–Trinajstić information content (AvgIpc) is 2.58. The molecule has 0 aliphatic carbocycles. The molecule has 19 heavy (non-hydrogen) atoms. The predicted molar refractivity (Wildman–Crippen MR) is 81.4 cm³/mol. The molecule has 0 amide bonds. The highest BCUT2D eigenvalue weighted by molar-refractivity contribution is 7.91. The van der Waals surface area contributed by atoms with Crippen molar-refractivity contribution >= 4 is 32.2 Å². The Hall–Kier alpha value is -0.820. The topological polar surface area (TPSA) is 85.1 Å². The van der Waals surface area contributed by atoms with Gasteiger partial charge in [0, 0.05) is 6.04 Å². The first kappa shape index (κ1) is 16.2. The lowest BCUT2D eigenvalue weighted by atomic mass is 10.1. The molecule has 0 saturated heterocycles. The lowest BCUT2D eigenvalue weighted by Gasteiger charge is -2.16. The van der Waals surface area contributed by atoms with Crippen LogP contribution in [0.3, 0.4) is 0 Å². The summed E-state index contributed by atoms with van der Waals surface area (Å²) in [5, 5.41) is 3.79. The third kappa shape index (κ3) is 4.35. The second-order valence-electron chi connectivity index (χ2n) is 5.22. The summed E-state index contributed by atoms with van der Waals surface area (Å²) >= 11 is 1.12. The lowest BCUT2D eigenvalue weighted by molar-refractivity contribution is 0.539. The molecule has 1 atom stereocenters. The van der Waals surface area contributed by atoms with Gasteiger partial charge in [-0.2, -0.15) is 4.37 Å². The molecule has 0 spiro atoms. The van der Waals surface area contributed by atoms with E-state index < -0.39 is 9.84 Å². The Kier molecular flexibility index (Phi) is 5.61. The van der Waals surface area contributed by atoms with Gasteiger partial charge >= 0.3 is 0 Å². The summed E-state index contributed by atoms with van der Waals surface area (Å²) in [7, 11) is -3.34. The third-order valence-electron chi connectivity index (χ3n) is 2.66. The van der Waals surface area contributed by atoms with Crippen LogP contribution in [0, 0.1) is 5.92 Å². The highest BCUT2D eigenvalue weighted by Gasteiger charge is 2.25. The maximum Gasteiger partial charge on any atom is 0.185 e. The maximum atomic E-state index is 12.2. The molecule has 1 aromatic heterocycles. The van der Waals surface area contributed by atoms with E-state index in [1.165, 1.54) is 0 Å². The Morgan fingerprint density at radius 1 is 1.37 bits per heavy atom. The van der Waals surface area contributed by atoms with E-state index in [4.69, 9.17) is 5.73 Å². The molecule has 0 aromatic carbocycles. The number of sulfone groups is 1. The molecule has 0 aliphatic heterocycles. The number of nitrogens with one attached hydrogen (secondary N) is 1. The number of nitrogens with zero attached hydrogens (tertiary/aromatic N) is 1. The molecule has 1 unspecified atom stereocenters. The SMILES string of the molecule is CCCS(=O)(=O)c1c(N)nsc1NC(C)CC(C)C. The Labute approximate surface area is 119 Å².